The highest BCUT2D eigenvalue weighted by Crippen LogP contribution is 2.29. The van der Waals surface area contributed by atoms with Crippen LogP contribution in [0.4, 0.5) is 0 Å². The zero-order chi connectivity index (χ0) is 34.0. The van der Waals surface area contributed by atoms with Crippen molar-refractivity contribution >= 4 is 11.9 Å². The summed E-state index contributed by atoms with van der Waals surface area (Å²) in [6.07, 6.45) is 42.3. The number of carbonyl (C=O) groups excluding carboxylic acids is 2. The third-order valence-corrected chi connectivity index (χ3v) is 8.78. The number of unbranched alkanes of at least 4 members (excludes halogenated alkanes) is 18. The van der Waals surface area contributed by atoms with E-state index in [1.165, 1.54) is 103 Å². The molecular weight excluding hydrogens is 588 g/mol. The molecule has 0 aliphatic carbocycles. The number of hydrogen-bond donors (Lipinski definition) is 1. The van der Waals surface area contributed by atoms with Gasteiger partial charge in [0.05, 0.1) is 12.2 Å². The zero-order valence-corrected chi connectivity index (χ0v) is 30.5. The molecule has 0 aromatic rings. The second-order valence-electron chi connectivity index (χ2n) is 13.4. The minimum atomic E-state index is -0.987. The molecule has 1 rings (SSSR count). The van der Waals surface area contributed by atoms with E-state index in [-0.39, 0.29) is 25.2 Å². The van der Waals surface area contributed by atoms with Gasteiger partial charge in [-0.3, -0.25) is 9.59 Å². The fraction of sp³-hybridized carbons (Fsp3) is 0.805. The average molecular weight is 661 g/mol. The number of ether oxygens (including phenoxy) is 3. The molecule has 47 heavy (non-hydrogen) atoms. The van der Waals surface area contributed by atoms with E-state index in [9.17, 15) is 14.7 Å². The Labute approximate surface area is 289 Å². The van der Waals surface area contributed by atoms with Crippen molar-refractivity contribution in [3.05, 3.63) is 36.5 Å². The first-order chi connectivity index (χ1) is 23.1. The number of hydrogen-bond acceptors (Lipinski definition) is 6. The highest BCUT2D eigenvalue weighted by Gasteiger charge is 2.35. The van der Waals surface area contributed by atoms with Crippen LogP contribution in [0.3, 0.4) is 0 Å². The molecule has 0 radical (unpaired) electrons. The second-order valence-corrected chi connectivity index (χ2v) is 13.4. The summed E-state index contributed by atoms with van der Waals surface area (Å²) in [5.41, 5.74) is 0. The van der Waals surface area contributed by atoms with Crippen LogP contribution in [0, 0.1) is 0 Å². The van der Waals surface area contributed by atoms with E-state index in [0.29, 0.717) is 31.5 Å². The van der Waals surface area contributed by atoms with Crippen LogP contribution in [-0.4, -0.2) is 48.6 Å². The van der Waals surface area contributed by atoms with Crippen LogP contribution in [0.5, 0.6) is 0 Å². The van der Waals surface area contributed by atoms with Crippen molar-refractivity contribution in [2.75, 3.05) is 13.2 Å². The number of allylic oxidation sites excluding steroid dienone is 4. The number of epoxide rings is 1. The van der Waals surface area contributed by atoms with Gasteiger partial charge in [-0.15, -0.1) is 0 Å². The van der Waals surface area contributed by atoms with E-state index in [4.69, 9.17) is 14.2 Å². The van der Waals surface area contributed by atoms with Crippen LogP contribution in [-0.2, 0) is 23.8 Å². The van der Waals surface area contributed by atoms with Gasteiger partial charge in [0.2, 0.25) is 0 Å². The van der Waals surface area contributed by atoms with Crippen molar-refractivity contribution in [1.82, 2.24) is 0 Å². The number of aliphatic hydroxyl groups excluding tert-OH is 1. The van der Waals surface area contributed by atoms with Gasteiger partial charge >= 0.3 is 11.9 Å². The summed E-state index contributed by atoms with van der Waals surface area (Å²) in [6, 6.07) is 0. The Morgan fingerprint density at radius 3 is 1.51 bits per heavy atom. The lowest BCUT2D eigenvalue weighted by Crippen LogP contribution is -2.25. The largest absolute Gasteiger partial charge is 0.463 e. The van der Waals surface area contributed by atoms with Crippen LogP contribution in [0.1, 0.15) is 181 Å². The van der Waals surface area contributed by atoms with Crippen LogP contribution < -0.4 is 0 Å². The van der Waals surface area contributed by atoms with Gasteiger partial charge in [-0.1, -0.05) is 153 Å². The molecule has 6 heteroatoms. The molecule has 0 aromatic carbocycles. The number of aliphatic hydroxyl groups is 1. The molecule has 6 nitrogen and oxygen atoms in total. The Bertz CT molecular complexity index is 819. The van der Waals surface area contributed by atoms with Gasteiger partial charge in [-0.05, 0) is 51.4 Å². The van der Waals surface area contributed by atoms with Gasteiger partial charge in [0.1, 0.15) is 19.3 Å². The molecule has 2 unspecified atom stereocenters. The Morgan fingerprint density at radius 2 is 0.957 bits per heavy atom. The molecule has 1 aliphatic rings. The highest BCUT2D eigenvalue weighted by molar-refractivity contribution is 5.69. The molecule has 1 aliphatic heterocycles. The number of rotatable bonds is 34. The molecule has 1 fully saturated rings. The molecular formula is C41H72O6. The predicted molar refractivity (Wildman–Crippen MR) is 195 cm³/mol. The summed E-state index contributed by atoms with van der Waals surface area (Å²) in [7, 11) is 0. The summed E-state index contributed by atoms with van der Waals surface area (Å²) < 4.78 is 16.0. The first-order valence-electron chi connectivity index (χ1n) is 19.7. The Balaban J connectivity index is 1.86. The summed E-state index contributed by atoms with van der Waals surface area (Å²) in [5.74, 6) is -0.631. The van der Waals surface area contributed by atoms with Gasteiger partial charge in [0.25, 0.3) is 0 Å². The molecule has 0 spiro atoms. The first-order valence-corrected chi connectivity index (χ1v) is 19.7. The van der Waals surface area contributed by atoms with Gasteiger partial charge in [-0.25, -0.2) is 0 Å². The quantitative estimate of drug-likeness (QED) is 0.0320. The normalized spacial score (nSPS) is 16.8. The van der Waals surface area contributed by atoms with E-state index in [1.54, 1.807) is 0 Å². The Hall–Kier alpha value is -1.92. The lowest BCUT2D eigenvalue weighted by molar-refractivity contribution is -0.152. The van der Waals surface area contributed by atoms with E-state index in [0.717, 1.165) is 44.9 Å². The summed E-state index contributed by atoms with van der Waals surface area (Å²) in [4.78, 5) is 23.9. The van der Waals surface area contributed by atoms with Crippen molar-refractivity contribution in [1.29, 1.82) is 0 Å². The van der Waals surface area contributed by atoms with Gasteiger partial charge in [0.15, 0.2) is 0 Å². The molecule has 0 aromatic heterocycles. The molecule has 1 heterocycles. The molecule has 0 amide bonds. The standard InChI is InChI=1S/C41H72O6/c1-3-5-7-9-11-12-13-14-15-16-17-18-21-25-29-33-40(43)45-35-37(42)36-46-41(44)34-30-26-22-19-20-24-28-32-39-38(47-39)31-27-23-10-8-6-4-2/h19,22-24,27-28,37-39,42H,3-18,20-21,25-26,29-36H2,1-2H3/b22-19-,27-23-,28-24-/t37-,38?,39?/m0/s1. The molecule has 0 saturated carbocycles. The van der Waals surface area contributed by atoms with Gasteiger partial charge in [0, 0.05) is 12.8 Å². The Morgan fingerprint density at radius 1 is 0.553 bits per heavy atom. The van der Waals surface area contributed by atoms with Crippen LogP contribution >= 0.6 is 0 Å². The van der Waals surface area contributed by atoms with E-state index >= 15 is 0 Å². The van der Waals surface area contributed by atoms with Crippen LogP contribution in [0.25, 0.3) is 0 Å². The van der Waals surface area contributed by atoms with E-state index < -0.39 is 6.10 Å². The number of esters is 2. The molecule has 3 atom stereocenters. The first kappa shape index (κ1) is 43.1. The SMILES string of the molecule is CCCCC/C=C\CC1OC1C/C=C\C/C=C\CCCC(=O)OC[C@@H](O)COC(=O)CCCCCCCCCCCCCCCCC. The molecule has 0 bridgehead atoms. The fourth-order valence-corrected chi connectivity index (χ4v) is 5.65. The average Bonchev–Trinajstić information content (AvgIpc) is 3.83. The lowest BCUT2D eigenvalue weighted by Gasteiger charge is -2.12. The maximum Gasteiger partial charge on any atom is 0.305 e. The van der Waals surface area contributed by atoms with Crippen molar-refractivity contribution in [2.24, 2.45) is 0 Å². The summed E-state index contributed by atoms with van der Waals surface area (Å²) >= 11 is 0. The Kier molecular flexibility index (Phi) is 29.9. The van der Waals surface area contributed by atoms with Crippen LogP contribution in [0.15, 0.2) is 36.5 Å². The molecule has 1 N–H and O–H groups in total. The van der Waals surface area contributed by atoms with E-state index in [2.05, 4.69) is 50.3 Å². The smallest absolute Gasteiger partial charge is 0.305 e. The lowest BCUT2D eigenvalue weighted by atomic mass is 10.0. The third kappa shape index (κ3) is 29.9. The third-order valence-electron chi connectivity index (χ3n) is 8.78. The minimum absolute atomic E-state index is 0.134. The topological polar surface area (TPSA) is 85.4 Å². The molecule has 1 saturated heterocycles. The summed E-state index contributed by atoms with van der Waals surface area (Å²) in [6.45, 7) is 4.22. The predicted octanol–water partition coefficient (Wildman–Crippen LogP) is 11.1. The van der Waals surface area contributed by atoms with Crippen molar-refractivity contribution in [3.63, 3.8) is 0 Å². The zero-order valence-electron chi connectivity index (χ0n) is 30.5. The maximum absolute atomic E-state index is 12.0. The molecule has 272 valence electrons. The van der Waals surface area contributed by atoms with Gasteiger partial charge in [-0.2, -0.15) is 0 Å². The van der Waals surface area contributed by atoms with Crippen molar-refractivity contribution in [3.8, 4) is 0 Å². The number of carbonyl (C=O) groups is 2. The maximum atomic E-state index is 12.0. The fourth-order valence-electron chi connectivity index (χ4n) is 5.65. The van der Waals surface area contributed by atoms with Crippen molar-refractivity contribution in [2.45, 2.75) is 199 Å². The van der Waals surface area contributed by atoms with Crippen molar-refractivity contribution < 1.29 is 28.9 Å². The monoisotopic (exact) mass is 661 g/mol. The van der Waals surface area contributed by atoms with Crippen LogP contribution in [0.2, 0.25) is 0 Å². The minimum Gasteiger partial charge on any atom is -0.463 e. The highest BCUT2D eigenvalue weighted by atomic mass is 16.6. The van der Waals surface area contributed by atoms with Gasteiger partial charge < -0.3 is 19.3 Å². The van der Waals surface area contributed by atoms with E-state index in [1.807, 2.05) is 0 Å². The summed E-state index contributed by atoms with van der Waals surface area (Å²) in [5, 5.41) is 10.0. The second kappa shape index (κ2) is 32.6.